The first-order valence-electron chi connectivity index (χ1n) is 3.44. The fraction of sp³-hybridized carbons (Fsp3) is 0.111. The highest BCUT2D eigenvalue weighted by Gasteiger charge is 1.90. The van der Waals surface area contributed by atoms with Crippen LogP contribution < -0.4 is 0 Å². The summed E-state index contributed by atoms with van der Waals surface area (Å²) in [5.41, 5.74) is 1.54. The summed E-state index contributed by atoms with van der Waals surface area (Å²) < 4.78 is 0. The third kappa shape index (κ3) is 2.48. The minimum absolute atomic E-state index is 0.590. The predicted molar refractivity (Wildman–Crippen MR) is 51.8 cm³/mol. The summed E-state index contributed by atoms with van der Waals surface area (Å²) in [7, 11) is 0. The normalized spacial score (nSPS) is 10.0. The maximum Gasteiger partial charge on any atom is 0.101 e. The number of rotatable bonds is 2. The molecule has 1 rings (SSSR count). The van der Waals surface area contributed by atoms with Crippen LogP contribution in [0.2, 0.25) is 0 Å². The molecule has 0 aliphatic rings. The molecule has 0 N–H and O–H groups in total. The molecule has 0 atom stereocenters. The molecule has 0 aliphatic heterocycles. The second-order valence-electron chi connectivity index (χ2n) is 2.18. The topological polar surface area (TPSA) is 36.7 Å². The van der Waals surface area contributed by atoms with Crippen molar-refractivity contribution in [3.63, 3.8) is 0 Å². The van der Waals surface area contributed by atoms with Gasteiger partial charge in [-0.15, -0.1) is 0 Å². The number of pyridine rings is 1. The standard InChI is InChI=1S/C9H7BrN2/c10-3-1-2-8-4-9(5-11)7-12-6-8/h1-2,4,6-7H,3H2. The largest absolute Gasteiger partial charge is 0.263 e. The van der Waals surface area contributed by atoms with E-state index in [9.17, 15) is 0 Å². The Balaban J connectivity index is 2.88. The fourth-order valence-electron chi connectivity index (χ4n) is 0.791. The molecule has 1 aromatic heterocycles. The average molecular weight is 223 g/mol. The van der Waals surface area contributed by atoms with E-state index in [1.807, 2.05) is 18.2 Å². The van der Waals surface area contributed by atoms with Crippen LogP contribution in [-0.4, -0.2) is 10.3 Å². The summed E-state index contributed by atoms with van der Waals surface area (Å²) in [6.07, 6.45) is 7.15. The van der Waals surface area contributed by atoms with Gasteiger partial charge in [0.25, 0.3) is 0 Å². The van der Waals surface area contributed by atoms with E-state index in [4.69, 9.17) is 5.26 Å². The zero-order valence-corrected chi connectivity index (χ0v) is 7.95. The number of hydrogen-bond donors (Lipinski definition) is 0. The molecule has 0 unspecified atom stereocenters. The molecule has 60 valence electrons. The lowest BCUT2D eigenvalue weighted by atomic mass is 10.2. The molecule has 0 fully saturated rings. The molecule has 0 saturated heterocycles. The van der Waals surface area contributed by atoms with Gasteiger partial charge in [-0.1, -0.05) is 28.1 Å². The van der Waals surface area contributed by atoms with E-state index >= 15 is 0 Å². The van der Waals surface area contributed by atoms with Crippen molar-refractivity contribution in [3.8, 4) is 6.07 Å². The lowest BCUT2D eigenvalue weighted by molar-refractivity contribution is 1.29. The Morgan fingerprint density at radius 2 is 2.42 bits per heavy atom. The molecule has 0 amide bonds. The van der Waals surface area contributed by atoms with Crippen LogP contribution in [-0.2, 0) is 0 Å². The van der Waals surface area contributed by atoms with Crippen LogP contribution in [0.25, 0.3) is 6.08 Å². The van der Waals surface area contributed by atoms with Crippen molar-refractivity contribution in [1.82, 2.24) is 4.98 Å². The highest BCUT2D eigenvalue weighted by molar-refractivity contribution is 9.09. The van der Waals surface area contributed by atoms with E-state index in [0.717, 1.165) is 10.9 Å². The van der Waals surface area contributed by atoms with Gasteiger partial charge < -0.3 is 0 Å². The first kappa shape index (κ1) is 8.95. The van der Waals surface area contributed by atoms with Crippen molar-refractivity contribution < 1.29 is 0 Å². The lowest BCUT2D eigenvalue weighted by Crippen LogP contribution is -1.80. The van der Waals surface area contributed by atoms with Gasteiger partial charge in [-0.2, -0.15) is 5.26 Å². The van der Waals surface area contributed by atoms with Crippen LogP contribution in [0.15, 0.2) is 24.5 Å². The Morgan fingerprint density at radius 1 is 1.58 bits per heavy atom. The maximum absolute atomic E-state index is 8.56. The SMILES string of the molecule is N#Cc1cncc(C=CCBr)c1. The quantitative estimate of drug-likeness (QED) is 0.721. The molecule has 1 aromatic rings. The third-order valence-corrected chi connectivity index (χ3v) is 1.66. The van der Waals surface area contributed by atoms with E-state index < -0.39 is 0 Å². The van der Waals surface area contributed by atoms with Crippen molar-refractivity contribution in [2.24, 2.45) is 0 Å². The molecule has 3 heteroatoms. The van der Waals surface area contributed by atoms with Gasteiger partial charge in [0, 0.05) is 17.7 Å². The molecule has 2 nitrogen and oxygen atoms in total. The Hall–Kier alpha value is -1.14. The van der Waals surface area contributed by atoms with Crippen molar-refractivity contribution in [2.45, 2.75) is 0 Å². The number of halogens is 1. The highest BCUT2D eigenvalue weighted by Crippen LogP contribution is 2.03. The zero-order chi connectivity index (χ0) is 8.81. The minimum atomic E-state index is 0.590. The molecule has 0 aliphatic carbocycles. The minimum Gasteiger partial charge on any atom is -0.263 e. The predicted octanol–water partition coefficient (Wildman–Crippen LogP) is 2.36. The van der Waals surface area contributed by atoms with Gasteiger partial charge in [0.05, 0.1) is 5.56 Å². The Morgan fingerprint density at radius 3 is 3.08 bits per heavy atom. The summed E-state index contributed by atoms with van der Waals surface area (Å²) in [6.45, 7) is 0. The van der Waals surface area contributed by atoms with E-state index in [1.165, 1.54) is 0 Å². The van der Waals surface area contributed by atoms with E-state index in [2.05, 4.69) is 20.9 Å². The van der Waals surface area contributed by atoms with Crippen molar-refractivity contribution in [2.75, 3.05) is 5.33 Å². The number of allylic oxidation sites excluding steroid dienone is 1. The number of hydrogen-bond acceptors (Lipinski definition) is 2. The van der Waals surface area contributed by atoms with Crippen LogP contribution in [0, 0.1) is 11.3 Å². The smallest absolute Gasteiger partial charge is 0.101 e. The van der Waals surface area contributed by atoms with Gasteiger partial charge in [-0.25, -0.2) is 0 Å². The molecule has 0 saturated carbocycles. The molecule has 1 heterocycles. The van der Waals surface area contributed by atoms with Gasteiger partial charge in [0.1, 0.15) is 6.07 Å². The summed E-state index contributed by atoms with van der Waals surface area (Å²) in [4.78, 5) is 3.92. The van der Waals surface area contributed by atoms with Gasteiger partial charge in [-0.05, 0) is 11.6 Å². The van der Waals surface area contributed by atoms with Crippen LogP contribution in [0.4, 0.5) is 0 Å². The molecular formula is C9H7BrN2. The second kappa shape index (κ2) is 4.68. The van der Waals surface area contributed by atoms with Crippen LogP contribution in [0.5, 0.6) is 0 Å². The monoisotopic (exact) mass is 222 g/mol. The number of alkyl halides is 1. The molecule has 0 radical (unpaired) electrons. The maximum atomic E-state index is 8.56. The number of nitrogens with zero attached hydrogens (tertiary/aromatic N) is 2. The van der Waals surface area contributed by atoms with E-state index in [1.54, 1.807) is 18.5 Å². The molecular weight excluding hydrogens is 216 g/mol. The second-order valence-corrected chi connectivity index (χ2v) is 2.82. The van der Waals surface area contributed by atoms with Crippen molar-refractivity contribution >= 4 is 22.0 Å². The number of aromatic nitrogens is 1. The highest BCUT2D eigenvalue weighted by atomic mass is 79.9. The Labute approximate surface area is 79.7 Å². The fourth-order valence-corrected chi connectivity index (χ4v) is 0.978. The zero-order valence-electron chi connectivity index (χ0n) is 6.37. The third-order valence-electron chi connectivity index (χ3n) is 1.29. The molecule has 12 heavy (non-hydrogen) atoms. The molecule has 0 spiro atoms. The molecule has 0 bridgehead atoms. The first-order valence-corrected chi connectivity index (χ1v) is 4.56. The first-order chi connectivity index (χ1) is 5.86. The van der Waals surface area contributed by atoms with Gasteiger partial charge in [-0.3, -0.25) is 4.98 Å². The van der Waals surface area contributed by atoms with Crippen molar-refractivity contribution in [1.29, 1.82) is 5.26 Å². The lowest BCUT2D eigenvalue weighted by Gasteiger charge is -1.91. The van der Waals surface area contributed by atoms with Crippen molar-refractivity contribution in [3.05, 3.63) is 35.7 Å². The summed E-state index contributed by atoms with van der Waals surface area (Å²) in [5, 5.41) is 9.37. The Kier molecular flexibility index (Phi) is 3.49. The Bertz CT molecular complexity index is 326. The summed E-state index contributed by atoms with van der Waals surface area (Å²) in [6, 6.07) is 3.83. The van der Waals surface area contributed by atoms with Gasteiger partial charge >= 0.3 is 0 Å². The molecule has 0 aromatic carbocycles. The van der Waals surface area contributed by atoms with Crippen LogP contribution in [0.3, 0.4) is 0 Å². The van der Waals surface area contributed by atoms with Gasteiger partial charge in [0.15, 0.2) is 0 Å². The van der Waals surface area contributed by atoms with Crippen LogP contribution in [0.1, 0.15) is 11.1 Å². The summed E-state index contributed by atoms with van der Waals surface area (Å²) in [5.74, 6) is 0. The van der Waals surface area contributed by atoms with E-state index in [-0.39, 0.29) is 0 Å². The van der Waals surface area contributed by atoms with E-state index in [0.29, 0.717) is 5.56 Å². The average Bonchev–Trinajstić information content (AvgIpc) is 2.15. The van der Waals surface area contributed by atoms with Gasteiger partial charge in [0.2, 0.25) is 0 Å². The number of nitriles is 1. The van der Waals surface area contributed by atoms with Crippen LogP contribution >= 0.6 is 15.9 Å². The summed E-state index contributed by atoms with van der Waals surface area (Å²) >= 11 is 3.27.